The summed E-state index contributed by atoms with van der Waals surface area (Å²) in [6, 6.07) is 3.85. The summed E-state index contributed by atoms with van der Waals surface area (Å²) < 4.78 is 17.9. The minimum absolute atomic E-state index is 0.126. The zero-order valence-electron chi connectivity index (χ0n) is 11.3. The molecule has 1 saturated carbocycles. The maximum absolute atomic E-state index is 13.0. The smallest absolute Gasteiger partial charge is 0.338 e. The molecule has 1 aromatic carbocycles. The first-order chi connectivity index (χ1) is 9.52. The van der Waals surface area contributed by atoms with Gasteiger partial charge >= 0.3 is 5.97 Å². The summed E-state index contributed by atoms with van der Waals surface area (Å²) in [5.74, 6) is -1.49. The number of carbonyl (C=O) groups excluding carboxylic acids is 2. The van der Waals surface area contributed by atoms with E-state index in [4.69, 9.17) is 10.5 Å². The normalized spacial score (nSPS) is 13.9. The van der Waals surface area contributed by atoms with Crippen molar-refractivity contribution in [2.75, 3.05) is 18.9 Å². The molecule has 1 aromatic rings. The van der Waals surface area contributed by atoms with Gasteiger partial charge in [-0.3, -0.25) is 4.79 Å². The first-order valence-electron chi connectivity index (χ1n) is 6.54. The molecule has 108 valence electrons. The fourth-order valence-corrected chi connectivity index (χ4v) is 1.99. The van der Waals surface area contributed by atoms with Crippen LogP contribution in [0.25, 0.3) is 0 Å². The van der Waals surface area contributed by atoms with E-state index in [1.807, 2.05) is 6.92 Å². The van der Waals surface area contributed by atoms with Crippen LogP contribution in [0.3, 0.4) is 0 Å². The Balaban J connectivity index is 1.91. The van der Waals surface area contributed by atoms with Crippen molar-refractivity contribution in [3.63, 3.8) is 0 Å². The maximum Gasteiger partial charge on any atom is 0.338 e. The molecule has 5 nitrogen and oxygen atoms in total. The molecule has 20 heavy (non-hydrogen) atoms. The van der Waals surface area contributed by atoms with E-state index in [-0.39, 0.29) is 29.8 Å². The van der Waals surface area contributed by atoms with Crippen molar-refractivity contribution in [2.45, 2.75) is 25.8 Å². The summed E-state index contributed by atoms with van der Waals surface area (Å²) in [5, 5.41) is 0. The van der Waals surface area contributed by atoms with E-state index >= 15 is 0 Å². The van der Waals surface area contributed by atoms with E-state index in [1.54, 1.807) is 4.90 Å². The molecule has 1 aliphatic rings. The number of halogens is 1. The number of rotatable bonds is 5. The Labute approximate surface area is 116 Å². The van der Waals surface area contributed by atoms with Crippen LogP contribution in [-0.4, -0.2) is 36.0 Å². The third-order valence-electron chi connectivity index (χ3n) is 3.21. The van der Waals surface area contributed by atoms with E-state index in [9.17, 15) is 14.0 Å². The van der Waals surface area contributed by atoms with Gasteiger partial charge in [0.05, 0.1) is 11.3 Å². The molecule has 0 aromatic heterocycles. The molecule has 0 atom stereocenters. The molecule has 2 rings (SSSR count). The summed E-state index contributed by atoms with van der Waals surface area (Å²) in [6.07, 6.45) is 2.00. The number of nitrogens with zero attached hydrogens (tertiary/aromatic N) is 1. The van der Waals surface area contributed by atoms with Gasteiger partial charge < -0.3 is 15.4 Å². The summed E-state index contributed by atoms with van der Waals surface area (Å²) in [4.78, 5) is 25.3. The van der Waals surface area contributed by atoms with E-state index in [1.165, 1.54) is 12.1 Å². The monoisotopic (exact) mass is 280 g/mol. The van der Waals surface area contributed by atoms with Gasteiger partial charge in [-0.25, -0.2) is 9.18 Å². The van der Waals surface area contributed by atoms with Gasteiger partial charge in [-0.2, -0.15) is 0 Å². The first-order valence-corrected chi connectivity index (χ1v) is 6.54. The average molecular weight is 280 g/mol. The van der Waals surface area contributed by atoms with Crippen molar-refractivity contribution >= 4 is 17.6 Å². The van der Waals surface area contributed by atoms with Crippen LogP contribution >= 0.6 is 0 Å². The molecule has 2 N–H and O–H groups in total. The molecule has 6 heteroatoms. The number of benzene rings is 1. The van der Waals surface area contributed by atoms with Crippen LogP contribution in [-0.2, 0) is 9.53 Å². The highest BCUT2D eigenvalue weighted by Gasteiger charge is 2.31. The lowest BCUT2D eigenvalue weighted by Crippen LogP contribution is -2.36. The maximum atomic E-state index is 13.0. The first kappa shape index (κ1) is 14.3. The number of amides is 1. The molecule has 0 spiro atoms. The van der Waals surface area contributed by atoms with Gasteiger partial charge in [-0.05, 0) is 38.0 Å². The number of nitrogen functional groups attached to an aromatic ring is 1. The zero-order valence-corrected chi connectivity index (χ0v) is 11.3. The fourth-order valence-electron chi connectivity index (χ4n) is 1.99. The SMILES string of the molecule is CCN(C(=O)COC(=O)c1ccc(F)c(N)c1)C1CC1. The number of nitrogens with two attached hydrogens (primary N) is 1. The minimum Gasteiger partial charge on any atom is -0.452 e. The molecular weight excluding hydrogens is 263 g/mol. The van der Waals surface area contributed by atoms with Gasteiger partial charge in [0, 0.05) is 12.6 Å². The number of esters is 1. The molecule has 1 fully saturated rings. The standard InChI is InChI=1S/C14H17FN2O3/c1-2-17(10-4-5-10)13(18)8-20-14(19)9-3-6-11(15)12(16)7-9/h3,6-7,10H,2,4-5,8,16H2,1H3. The van der Waals surface area contributed by atoms with Crippen LogP contribution in [0.1, 0.15) is 30.1 Å². The number of carbonyl (C=O) groups is 2. The second-order valence-corrected chi connectivity index (χ2v) is 4.72. The highest BCUT2D eigenvalue weighted by molar-refractivity contribution is 5.92. The van der Waals surface area contributed by atoms with Crippen molar-refractivity contribution in [3.05, 3.63) is 29.6 Å². The quantitative estimate of drug-likeness (QED) is 0.656. The lowest BCUT2D eigenvalue weighted by Gasteiger charge is -2.19. The topological polar surface area (TPSA) is 72.6 Å². The van der Waals surface area contributed by atoms with Crippen LogP contribution in [0.2, 0.25) is 0 Å². The number of ether oxygens (including phenoxy) is 1. The number of likely N-dealkylation sites (N-methyl/N-ethyl adjacent to an activating group) is 1. The Bertz CT molecular complexity index is 529. The Kier molecular flexibility index (Phi) is 4.22. The van der Waals surface area contributed by atoms with E-state index in [0.717, 1.165) is 18.9 Å². The van der Waals surface area contributed by atoms with Crippen molar-refractivity contribution in [1.82, 2.24) is 4.90 Å². The Morgan fingerprint density at radius 1 is 1.45 bits per heavy atom. The van der Waals surface area contributed by atoms with E-state index < -0.39 is 11.8 Å². The molecule has 0 unspecified atom stereocenters. The van der Waals surface area contributed by atoms with Crippen LogP contribution in [0.15, 0.2) is 18.2 Å². The largest absolute Gasteiger partial charge is 0.452 e. The van der Waals surface area contributed by atoms with E-state index in [0.29, 0.717) is 6.54 Å². The van der Waals surface area contributed by atoms with Gasteiger partial charge in [0.25, 0.3) is 5.91 Å². The van der Waals surface area contributed by atoms with Gasteiger partial charge in [0.1, 0.15) is 5.82 Å². The predicted molar refractivity (Wildman–Crippen MR) is 71.5 cm³/mol. The van der Waals surface area contributed by atoms with Crippen LogP contribution in [0.5, 0.6) is 0 Å². The number of anilines is 1. The lowest BCUT2D eigenvalue weighted by atomic mass is 10.2. The highest BCUT2D eigenvalue weighted by atomic mass is 19.1. The molecule has 0 aliphatic heterocycles. The Morgan fingerprint density at radius 2 is 2.15 bits per heavy atom. The predicted octanol–water partition coefficient (Wildman–Crippen LogP) is 1.58. The van der Waals surface area contributed by atoms with Crippen molar-refractivity contribution in [1.29, 1.82) is 0 Å². The second-order valence-electron chi connectivity index (χ2n) is 4.72. The molecule has 1 aliphatic carbocycles. The van der Waals surface area contributed by atoms with Crippen LogP contribution < -0.4 is 5.73 Å². The summed E-state index contributed by atoms with van der Waals surface area (Å²) in [7, 11) is 0. The number of hydrogen-bond acceptors (Lipinski definition) is 4. The van der Waals surface area contributed by atoms with Gasteiger partial charge in [-0.1, -0.05) is 0 Å². The number of hydrogen-bond donors (Lipinski definition) is 1. The Morgan fingerprint density at radius 3 is 2.70 bits per heavy atom. The second kappa shape index (κ2) is 5.90. The summed E-state index contributed by atoms with van der Waals surface area (Å²) in [6.45, 7) is 2.18. The summed E-state index contributed by atoms with van der Waals surface area (Å²) in [5.41, 5.74) is 5.38. The zero-order chi connectivity index (χ0) is 14.7. The fraction of sp³-hybridized carbons (Fsp3) is 0.429. The van der Waals surface area contributed by atoms with Gasteiger partial charge in [0.15, 0.2) is 6.61 Å². The van der Waals surface area contributed by atoms with Crippen LogP contribution in [0, 0.1) is 5.82 Å². The van der Waals surface area contributed by atoms with E-state index in [2.05, 4.69) is 0 Å². The van der Waals surface area contributed by atoms with Gasteiger partial charge in [0.2, 0.25) is 0 Å². The minimum atomic E-state index is -0.683. The molecular formula is C14H17FN2O3. The van der Waals surface area contributed by atoms with Gasteiger partial charge in [-0.15, -0.1) is 0 Å². The molecule has 1 amide bonds. The van der Waals surface area contributed by atoms with Crippen molar-refractivity contribution in [3.8, 4) is 0 Å². The van der Waals surface area contributed by atoms with Crippen molar-refractivity contribution < 1.29 is 18.7 Å². The highest BCUT2D eigenvalue weighted by Crippen LogP contribution is 2.26. The Hall–Kier alpha value is -2.11. The third-order valence-corrected chi connectivity index (χ3v) is 3.21. The summed E-state index contributed by atoms with van der Waals surface area (Å²) >= 11 is 0. The van der Waals surface area contributed by atoms with Crippen LogP contribution in [0.4, 0.5) is 10.1 Å². The van der Waals surface area contributed by atoms with Crippen molar-refractivity contribution in [2.24, 2.45) is 0 Å². The molecule has 0 bridgehead atoms. The average Bonchev–Trinajstić information content (AvgIpc) is 3.24. The molecule has 0 radical (unpaired) electrons. The molecule has 0 heterocycles. The molecule has 0 saturated heterocycles. The lowest BCUT2D eigenvalue weighted by molar-refractivity contribution is -0.134. The third kappa shape index (κ3) is 3.26.